The van der Waals surface area contributed by atoms with Crippen LogP contribution >= 0.6 is 0 Å². The van der Waals surface area contributed by atoms with Crippen molar-refractivity contribution in [3.63, 3.8) is 0 Å². The van der Waals surface area contributed by atoms with Gasteiger partial charge in [-0.25, -0.2) is 4.79 Å². The highest BCUT2D eigenvalue weighted by atomic mass is 16.5. The van der Waals surface area contributed by atoms with Gasteiger partial charge in [-0.2, -0.15) is 0 Å². The Morgan fingerprint density at radius 2 is 1.85 bits per heavy atom. The van der Waals surface area contributed by atoms with E-state index in [1.165, 1.54) is 7.11 Å². The number of nitrogens with one attached hydrogen (secondary N) is 1. The van der Waals surface area contributed by atoms with Crippen molar-refractivity contribution < 1.29 is 19.1 Å². The molecule has 3 amide bonds. The summed E-state index contributed by atoms with van der Waals surface area (Å²) in [4.78, 5) is 35.0. The Bertz CT molecular complexity index is 476. The van der Waals surface area contributed by atoms with Crippen LogP contribution < -0.4 is 11.1 Å². The van der Waals surface area contributed by atoms with Crippen molar-refractivity contribution in [3.05, 3.63) is 35.9 Å². The van der Waals surface area contributed by atoms with Crippen molar-refractivity contribution in [2.75, 3.05) is 20.2 Å². The minimum Gasteiger partial charge on any atom is -0.468 e. The van der Waals surface area contributed by atoms with Gasteiger partial charge >= 0.3 is 12.0 Å². The van der Waals surface area contributed by atoms with Crippen LogP contribution in [0.3, 0.4) is 0 Å². The number of hydrogen-bond acceptors (Lipinski definition) is 5. The molecule has 0 bridgehead atoms. The normalized spacial score (nSPS) is 10.1. The summed E-state index contributed by atoms with van der Waals surface area (Å²) in [5.41, 5.74) is 5.80. The second-order valence-electron chi connectivity index (χ2n) is 4.12. The van der Waals surface area contributed by atoms with Crippen molar-refractivity contribution in [3.8, 4) is 0 Å². The average Bonchev–Trinajstić information content (AvgIpc) is 2.38. The molecule has 0 atom stereocenters. The van der Waals surface area contributed by atoms with Gasteiger partial charge in [-0.05, 0) is 5.56 Å². The van der Waals surface area contributed by atoms with Crippen LogP contribution in [-0.4, -0.2) is 43.0 Å². The zero-order valence-corrected chi connectivity index (χ0v) is 11.2. The highest BCUT2D eigenvalue weighted by molar-refractivity contribution is 5.94. The molecule has 3 N–H and O–H groups in total. The minimum atomic E-state index is -0.923. The molecule has 0 aliphatic heterocycles. The lowest BCUT2D eigenvalue weighted by Crippen LogP contribution is -2.43. The van der Waals surface area contributed by atoms with Gasteiger partial charge in [0.25, 0.3) is 0 Å². The highest BCUT2D eigenvalue weighted by Crippen LogP contribution is 2.04. The summed E-state index contributed by atoms with van der Waals surface area (Å²) in [6.45, 7) is 0.187. The van der Waals surface area contributed by atoms with Gasteiger partial charge in [-0.3, -0.25) is 19.8 Å². The van der Waals surface area contributed by atoms with Crippen LogP contribution in [0.1, 0.15) is 5.56 Å². The van der Waals surface area contributed by atoms with E-state index in [9.17, 15) is 14.4 Å². The average molecular weight is 279 g/mol. The van der Waals surface area contributed by atoms with Crippen molar-refractivity contribution >= 4 is 17.9 Å². The number of nitrogens with two attached hydrogens (primary N) is 1. The Morgan fingerprint density at radius 3 is 2.40 bits per heavy atom. The van der Waals surface area contributed by atoms with E-state index in [-0.39, 0.29) is 13.1 Å². The van der Waals surface area contributed by atoms with Crippen LogP contribution in [0.15, 0.2) is 30.3 Å². The van der Waals surface area contributed by atoms with Gasteiger partial charge in [0, 0.05) is 6.54 Å². The lowest BCUT2D eigenvalue weighted by atomic mass is 10.2. The lowest BCUT2D eigenvalue weighted by Gasteiger charge is -2.20. The number of esters is 1. The second-order valence-corrected chi connectivity index (χ2v) is 4.12. The molecule has 20 heavy (non-hydrogen) atoms. The van der Waals surface area contributed by atoms with Crippen molar-refractivity contribution in [1.29, 1.82) is 0 Å². The fourth-order valence-electron chi connectivity index (χ4n) is 1.64. The number of carbonyl (C=O) groups is 3. The largest absolute Gasteiger partial charge is 0.468 e. The van der Waals surface area contributed by atoms with E-state index >= 15 is 0 Å². The first-order valence-corrected chi connectivity index (χ1v) is 5.93. The van der Waals surface area contributed by atoms with Gasteiger partial charge in [0.1, 0.15) is 0 Å². The first-order valence-electron chi connectivity index (χ1n) is 5.93. The third-order valence-electron chi connectivity index (χ3n) is 2.46. The van der Waals surface area contributed by atoms with E-state index in [1.807, 2.05) is 35.6 Å². The zero-order valence-electron chi connectivity index (χ0n) is 11.2. The topological polar surface area (TPSA) is 102 Å². The summed E-state index contributed by atoms with van der Waals surface area (Å²) < 4.78 is 4.58. The van der Waals surface area contributed by atoms with E-state index in [1.54, 1.807) is 4.90 Å². The Hall–Kier alpha value is -2.41. The van der Waals surface area contributed by atoms with Crippen molar-refractivity contribution in [1.82, 2.24) is 10.2 Å². The molecule has 7 heteroatoms. The maximum Gasteiger partial charge on any atom is 0.319 e. The van der Waals surface area contributed by atoms with Gasteiger partial charge in [-0.15, -0.1) is 0 Å². The number of amides is 3. The molecule has 1 aromatic rings. The number of rotatable bonds is 6. The summed E-state index contributed by atoms with van der Waals surface area (Å²) in [5.74, 6) is -1.04. The molecule has 0 heterocycles. The first-order chi connectivity index (χ1) is 9.51. The number of hydrogen-bond donors (Lipinski definition) is 2. The van der Waals surface area contributed by atoms with Gasteiger partial charge < -0.3 is 10.5 Å². The van der Waals surface area contributed by atoms with Crippen molar-refractivity contribution in [2.45, 2.75) is 6.54 Å². The molecule has 0 aromatic heterocycles. The number of imide groups is 1. The quantitative estimate of drug-likeness (QED) is 0.705. The number of urea groups is 1. The molecule has 7 nitrogen and oxygen atoms in total. The SMILES string of the molecule is COC(=O)CN(CC(=O)NC(N)=O)Cc1ccccc1. The molecular weight excluding hydrogens is 262 g/mol. The molecule has 1 rings (SSSR count). The maximum atomic E-state index is 11.5. The maximum absolute atomic E-state index is 11.5. The van der Waals surface area contributed by atoms with Crippen LogP contribution in [0, 0.1) is 0 Å². The summed E-state index contributed by atoms with van der Waals surface area (Å²) >= 11 is 0. The van der Waals surface area contributed by atoms with Gasteiger partial charge in [0.15, 0.2) is 0 Å². The number of benzene rings is 1. The van der Waals surface area contributed by atoms with E-state index in [2.05, 4.69) is 4.74 Å². The van der Waals surface area contributed by atoms with E-state index in [4.69, 9.17) is 5.73 Å². The number of carbonyl (C=O) groups excluding carboxylic acids is 3. The Morgan fingerprint density at radius 1 is 1.20 bits per heavy atom. The monoisotopic (exact) mass is 279 g/mol. The standard InChI is InChI=1S/C13H17N3O4/c1-20-12(18)9-16(8-11(17)15-13(14)19)7-10-5-3-2-4-6-10/h2-6H,7-9H2,1H3,(H3,14,15,17,19). The van der Waals surface area contributed by atoms with Crippen LogP contribution in [0.25, 0.3) is 0 Å². The molecule has 0 radical (unpaired) electrons. The van der Waals surface area contributed by atoms with Gasteiger partial charge in [0.05, 0.1) is 20.2 Å². The molecule has 0 spiro atoms. The molecule has 0 fully saturated rings. The molecule has 1 aromatic carbocycles. The van der Waals surface area contributed by atoms with Crippen LogP contribution in [0.4, 0.5) is 4.79 Å². The zero-order chi connectivity index (χ0) is 15.0. The predicted octanol–water partition coefficient (Wildman–Crippen LogP) is -0.143. The van der Waals surface area contributed by atoms with Gasteiger partial charge in [0.2, 0.25) is 5.91 Å². The van der Waals surface area contributed by atoms with E-state index < -0.39 is 17.9 Å². The third kappa shape index (κ3) is 5.96. The Kier molecular flexibility index (Phi) is 6.18. The van der Waals surface area contributed by atoms with Crippen LogP contribution in [0.5, 0.6) is 0 Å². The predicted molar refractivity (Wildman–Crippen MR) is 71.5 cm³/mol. The van der Waals surface area contributed by atoms with E-state index in [0.717, 1.165) is 5.56 Å². The molecular formula is C13H17N3O4. The molecule has 0 aliphatic carbocycles. The fourth-order valence-corrected chi connectivity index (χ4v) is 1.64. The summed E-state index contributed by atoms with van der Waals surface area (Å²) in [6, 6.07) is 8.40. The number of primary amides is 1. The smallest absolute Gasteiger partial charge is 0.319 e. The lowest BCUT2D eigenvalue weighted by molar-refractivity contribution is -0.142. The Balaban J connectivity index is 2.67. The number of nitrogens with zero attached hydrogens (tertiary/aromatic N) is 1. The van der Waals surface area contributed by atoms with Crippen LogP contribution in [-0.2, 0) is 20.9 Å². The second kappa shape index (κ2) is 7.90. The van der Waals surface area contributed by atoms with E-state index in [0.29, 0.717) is 6.54 Å². The summed E-state index contributed by atoms with van der Waals surface area (Å²) in [7, 11) is 1.27. The fraction of sp³-hybridized carbons (Fsp3) is 0.308. The third-order valence-corrected chi connectivity index (χ3v) is 2.46. The molecule has 0 saturated carbocycles. The molecule has 108 valence electrons. The summed E-state index contributed by atoms with van der Waals surface area (Å²) in [5, 5.41) is 1.96. The highest BCUT2D eigenvalue weighted by Gasteiger charge is 2.16. The minimum absolute atomic E-state index is 0.0580. The molecule has 0 unspecified atom stereocenters. The number of ether oxygens (including phenoxy) is 1. The molecule has 0 aliphatic rings. The number of methoxy groups -OCH3 is 1. The van der Waals surface area contributed by atoms with Crippen molar-refractivity contribution in [2.24, 2.45) is 5.73 Å². The Labute approximate surface area is 116 Å². The molecule has 0 saturated heterocycles. The first kappa shape index (κ1) is 15.6. The van der Waals surface area contributed by atoms with Gasteiger partial charge in [-0.1, -0.05) is 30.3 Å². The summed E-state index contributed by atoms with van der Waals surface area (Å²) in [6.07, 6.45) is 0. The van der Waals surface area contributed by atoms with Crippen LogP contribution in [0.2, 0.25) is 0 Å².